The molecule has 0 atom stereocenters. The zero-order valence-corrected chi connectivity index (χ0v) is 14.0. The minimum Gasteiger partial charge on any atom is -0.462 e. The van der Waals surface area contributed by atoms with Gasteiger partial charge in [-0.3, -0.25) is 0 Å². The van der Waals surface area contributed by atoms with E-state index in [4.69, 9.17) is 4.74 Å². The molecule has 0 radical (unpaired) electrons. The van der Waals surface area contributed by atoms with Crippen LogP contribution in [0.3, 0.4) is 0 Å². The monoisotopic (exact) mass is 319 g/mol. The topological polar surface area (TPSA) is 61.9 Å². The van der Waals surface area contributed by atoms with Gasteiger partial charge in [-0.15, -0.1) is 0 Å². The summed E-state index contributed by atoms with van der Waals surface area (Å²) < 4.78 is 4.98. The summed E-state index contributed by atoms with van der Waals surface area (Å²) in [7, 11) is 0. The molecule has 0 saturated carbocycles. The minimum absolute atomic E-state index is 0.00249. The molecular weight excluding hydrogens is 294 g/mol. The van der Waals surface area contributed by atoms with E-state index in [-0.39, 0.29) is 18.0 Å². The Morgan fingerprint density at radius 1 is 1.13 bits per heavy atom. The fourth-order valence-electron chi connectivity index (χ4n) is 2.53. The van der Waals surface area contributed by atoms with E-state index in [2.05, 4.69) is 10.2 Å². The quantitative estimate of drug-likeness (QED) is 0.864. The van der Waals surface area contributed by atoms with Gasteiger partial charge in [0, 0.05) is 37.9 Å². The Kier molecular flexibility index (Phi) is 5.84. The molecule has 1 aliphatic rings. The van der Waals surface area contributed by atoms with Crippen LogP contribution in [0.4, 0.5) is 10.5 Å². The van der Waals surface area contributed by atoms with Gasteiger partial charge in [-0.05, 0) is 45.0 Å². The number of nitrogens with zero attached hydrogens (tertiary/aromatic N) is 2. The van der Waals surface area contributed by atoms with Crippen molar-refractivity contribution in [1.29, 1.82) is 0 Å². The van der Waals surface area contributed by atoms with E-state index in [9.17, 15) is 9.59 Å². The first-order chi connectivity index (χ1) is 11.0. The molecule has 2 rings (SSSR count). The van der Waals surface area contributed by atoms with Gasteiger partial charge in [0.25, 0.3) is 0 Å². The summed E-state index contributed by atoms with van der Waals surface area (Å²) in [4.78, 5) is 27.7. The summed E-state index contributed by atoms with van der Waals surface area (Å²) in [5, 5.41) is 2.92. The SMILES string of the molecule is CCOC(=O)c1ccc(N2CCN(C(=O)NC(C)C)CC2)cc1. The summed E-state index contributed by atoms with van der Waals surface area (Å²) in [6, 6.07) is 7.57. The van der Waals surface area contributed by atoms with Crippen LogP contribution >= 0.6 is 0 Å². The van der Waals surface area contributed by atoms with Crippen LogP contribution in [0.1, 0.15) is 31.1 Å². The fraction of sp³-hybridized carbons (Fsp3) is 0.529. The van der Waals surface area contributed by atoms with Crippen LogP contribution in [0.25, 0.3) is 0 Å². The minimum atomic E-state index is -0.297. The first kappa shape index (κ1) is 17.1. The number of anilines is 1. The first-order valence-corrected chi connectivity index (χ1v) is 8.09. The van der Waals surface area contributed by atoms with Crippen LogP contribution in [-0.4, -0.2) is 55.7 Å². The van der Waals surface area contributed by atoms with Gasteiger partial charge in [0.05, 0.1) is 12.2 Å². The number of hydrogen-bond acceptors (Lipinski definition) is 4. The van der Waals surface area contributed by atoms with E-state index in [0.717, 1.165) is 18.8 Å². The van der Waals surface area contributed by atoms with E-state index in [1.165, 1.54) is 0 Å². The Morgan fingerprint density at radius 3 is 2.26 bits per heavy atom. The van der Waals surface area contributed by atoms with Gasteiger partial charge in [-0.1, -0.05) is 0 Å². The second kappa shape index (κ2) is 7.85. The zero-order chi connectivity index (χ0) is 16.8. The lowest BCUT2D eigenvalue weighted by Crippen LogP contribution is -2.52. The van der Waals surface area contributed by atoms with Crippen molar-refractivity contribution in [2.75, 3.05) is 37.7 Å². The maximum atomic E-state index is 12.0. The lowest BCUT2D eigenvalue weighted by atomic mass is 10.2. The number of piperazine rings is 1. The van der Waals surface area contributed by atoms with Crippen LogP contribution in [0, 0.1) is 0 Å². The molecule has 6 heteroatoms. The van der Waals surface area contributed by atoms with Gasteiger partial charge >= 0.3 is 12.0 Å². The molecule has 126 valence electrons. The van der Waals surface area contributed by atoms with Crippen LogP contribution in [-0.2, 0) is 4.74 Å². The predicted octanol–water partition coefficient (Wildman–Crippen LogP) is 2.10. The van der Waals surface area contributed by atoms with Crippen LogP contribution in [0.15, 0.2) is 24.3 Å². The van der Waals surface area contributed by atoms with Gasteiger partial charge in [0.1, 0.15) is 0 Å². The highest BCUT2D eigenvalue weighted by Crippen LogP contribution is 2.18. The molecule has 0 unspecified atom stereocenters. The number of benzene rings is 1. The second-order valence-electron chi connectivity index (χ2n) is 5.85. The standard InChI is InChI=1S/C17H25N3O3/c1-4-23-16(21)14-5-7-15(8-6-14)19-9-11-20(12-10-19)17(22)18-13(2)3/h5-8,13H,4,9-12H2,1-3H3,(H,18,22). The molecule has 1 heterocycles. The largest absolute Gasteiger partial charge is 0.462 e. The van der Waals surface area contributed by atoms with E-state index < -0.39 is 0 Å². The molecular formula is C17H25N3O3. The van der Waals surface area contributed by atoms with Crippen molar-refractivity contribution < 1.29 is 14.3 Å². The zero-order valence-electron chi connectivity index (χ0n) is 14.0. The van der Waals surface area contributed by atoms with Crippen molar-refractivity contribution in [2.24, 2.45) is 0 Å². The molecule has 1 aliphatic heterocycles. The average Bonchev–Trinajstić information content (AvgIpc) is 2.55. The summed E-state index contributed by atoms with van der Waals surface area (Å²) in [6.45, 7) is 9.03. The highest BCUT2D eigenvalue weighted by molar-refractivity contribution is 5.89. The lowest BCUT2D eigenvalue weighted by Gasteiger charge is -2.36. The average molecular weight is 319 g/mol. The number of rotatable bonds is 4. The number of hydrogen-bond donors (Lipinski definition) is 1. The van der Waals surface area contributed by atoms with E-state index >= 15 is 0 Å². The first-order valence-electron chi connectivity index (χ1n) is 8.09. The maximum absolute atomic E-state index is 12.0. The molecule has 1 N–H and O–H groups in total. The van der Waals surface area contributed by atoms with Gasteiger partial charge in [0.2, 0.25) is 0 Å². The number of ether oxygens (including phenoxy) is 1. The summed E-state index contributed by atoms with van der Waals surface area (Å²) in [5.74, 6) is -0.297. The Hall–Kier alpha value is -2.24. The van der Waals surface area contributed by atoms with Crippen molar-refractivity contribution in [3.8, 4) is 0 Å². The van der Waals surface area contributed by atoms with Gasteiger partial charge < -0.3 is 19.9 Å². The Balaban J connectivity index is 1.90. The van der Waals surface area contributed by atoms with Crippen LogP contribution < -0.4 is 10.2 Å². The highest BCUT2D eigenvalue weighted by Gasteiger charge is 2.21. The van der Waals surface area contributed by atoms with E-state index in [0.29, 0.717) is 25.3 Å². The van der Waals surface area contributed by atoms with Crippen molar-refractivity contribution in [3.05, 3.63) is 29.8 Å². The smallest absolute Gasteiger partial charge is 0.338 e. The van der Waals surface area contributed by atoms with Gasteiger partial charge in [-0.25, -0.2) is 9.59 Å². The molecule has 0 aromatic heterocycles. The van der Waals surface area contributed by atoms with Gasteiger partial charge in [0.15, 0.2) is 0 Å². The molecule has 1 aromatic carbocycles. The number of esters is 1. The number of urea groups is 1. The van der Waals surface area contributed by atoms with E-state index in [1.807, 2.05) is 30.9 Å². The number of carbonyl (C=O) groups excluding carboxylic acids is 2. The lowest BCUT2D eigenvalue weighted by molar-refractivity contribution is 0.0526. The van der Waals surface area contributed by atoms with Crippen molar-refractivity contribution in [1.82, 2.24) is 10.2 Å². The van der Waals surface area contributed by atoms with Crippen molar-refractivity contribution in [2.45, 2.75) is 26.8 Å². The molecule has 2 amide bonds. The Labute approximate surface area is 137 Å². The third-order valence-electron chi connectivity index (χ3n) is 3.72. The highest BCUT2D eigenvalue weighted by atomic mass is 16.5. The summed E-state index contributed by atoms with van der Waals surface area (Å²) >= 11 is 0. The second-order valence-corrected chi connectivity index (χ2v) is 5.85. The number of amides is 2. The maximum Gasteiger partial charge on any atom is 0.338 e. The molecule has 23 heavy (non-hydrogen) atoms. The molecule has 1 aromatic rings. The molecule has 0 bridgehead atoms. The number of nitrogens with one attached hydrogen (secondary N) is 1. The molecule has 1 saturated heterocycles. The Bertz CT molecular complexity index is 535. The summed E-state index contributed by atoms with van der Waals surface area (Å²) in [6.07, 6.45) is 0. The summed E-state index contributed by atoms with van der Waals surface area (Å²) in [5.41, 5.74) is 1.62. The van der Waals surface area contributed by atoms with Crippen molar-refractivity contribution >= 4 is 17.7 Å². The number of carbonyl (C=O) groups is 2. The molecule has 6 nitrogen and oxygen atoms in total. The molecule has 1 fully saturated rings. The third kappa shape index (κ3) is 4.61. The fourth-order valence-corrected chi connectivity index (χ4v) is 2.53. The molecule has 0 aliphatic carbocycles. The predicted molar refractivity (Wildman–Crippen MR) is 89.9 cm³/mol. The Morgan fingerprint density at radius 2 is 1.74 bits per heavy atom. The molecule has 0 spiro atoms. The normalized spacial score (nSPS) is 14.8. The van der Waals surface area contributed by atoms with Gasteiger partial charge in [-0.2, -0.15) is 0 Å². The van der Waals surface area contributed by atoms with Crippen LogP contribution in [0.5, 0.6) is 0 Å². The van der Waals surface area contributed by atoms with E-state index in [1.54, 1.807) is 19.1 Å². The third-order valence-corrected chi connectivity index (χ3v) is 3.72. The van der Waals surface area contributed by atoms with Crippen molar-refractivity contribution in [3.63, 3.8) is 0 Å². The van der Waals surface area contributed by atoms with Crippen LogP contribution in [0.2, 0.25) is 0 Å².